The number of hydrogen-bond donors (Lipinski definition) is 3. The van der Waals surface area contributed by atoms with E-state index < -0.39 is 6.10 Å². The lowest BCUT2D eigenvalue weighted by atomic mass is 9.93. The minimum atomic E-state index is -0.433. The summed E-state index contributed by atoms with van der Waals surface area (Å²) in [5.41, 5.74) is 1.44. The van der Waals surface area contributed by atoms with Gasteiger partial charge in [-0.15, -0.1) is 5.10 Å². The largest absolute Gasteiger partial charge is 0.393 e. The van der Waals surface area contributed by atoms with Gasteiger partial charge in [-0.25, -0.2) is 4.68 Å². The maximum absolute atomic E-state index is 12.5. The summed E-state index contributed by atoms with van der Waals surface area (Å²) in [7, 11) is 0. The topological polar surface area (TPSA) is 92.1 Å². The quantitative estimate of drug-likeness (QED) is 0.698. The van der Waals surface area contributed by atoms with Crippen molar-refractivity contribution >= 4 is 5.91 Å². The second-order valence-electron chi connectivity index (χ2n) is 6.97. The van der Waals surface area contributed by atoms with Crippen molar-refractivity contribution in [3.63, 3.8) is 0 Å². The Labute approximate surface area is 153 Å². The predicted octanol–water partition coefficient (Wildman–Crippen LogP) is 1.49. The molecule has 1 aliphatic rings. The van der Waals surface area contributed by atoms with Crippen LogP contribution in [0.1, 0.15) is 54.2 Å². The first-order valence-corrected chi connectivity index (χ1v) is 9.27. The lowest BCUT2D eigenvalue weighted by Gasteiger charge is -2.22. The Morgan fingerprint density at radius 1 is 1.35 bits per heavy atom. The number of nitrogens with one attached hydrogen (secondary N) is 2. The van der Waals surface area contributed by atoms with Crippen LogP contribution in [-0.4, -0.2) is 51.7 Å². The average Bonchev–Trinajstić information content (AvgIpc) is 3.16. The van der Waals surface area contributed by atoms with E-state index in [1.165, 1.54) is 0 Å². The van der Waals surface area contributed by atoms with Crippen LogP contribution < -0.4 is 10.6 Å². The number of nitrogens with zero attached hydrogens (tertiary/aromatic N) is 3. The number of rotatable bonds is 7. The van der Waals surface area contributed by atoms with E-state index in [2.05, 4.69) is 20.9 Å². The van der Waals surface area contributed by atoms with Crippen LogP contribution in [0, 0.1) is 0 Å². The number of carbonyl (C=O) groups excluding carboxylic acids is 1. The lowest BCUT2D eigenvalue weighted by Crippen LogP contribution is -2.30. The molecule has 1 aromatic carbocycles. The summed E-state index contributed by atoms with van der Waals surface area (Å²) >= 11 is 0. The fraction of sp³-hybridized carbons (Fsp3) is 0.526. The minimum absolute atomic E-state index is 0.0552. The molecule has 0 saturated carbocycles. The summed E-state index contributed by atoms with van der Waals surface area (Å²) in [6, 6.07) is 10.2. The van der Waals surface area contributed by atoms with E-state index in [9.17, 15) is 9.90 Å². The molecule has 2 unspecified atom stereocenters. The molecule has 0 aliphatic carbocycles. The Morgan fingerprint density at radius 2 is 2.08 bits per heavy atom. The number of benzene rings is 1. The normalized spacial score (nSPS) is 17.6. The minimum Gasteiger partial charge on any atom is -0.393 e. The highest BCUT2D eigenvalue weighted by Crippen LogP contribution is 2.21. The number of piperidine rings is 1. The molecule has 2 aromatic rings. The number of aliphatic hydroxyl groups is 1. The maximum atomic E-state index is 12.5. The van der Waals surface area contributed by atoms with Gasteiger partial charge in [0.15, 0.2) is 5.69 Å². The number of aliphatic hydroxyl groups excluding tert-OH is 1. The third-order valence-electron chi connectivity index (χ3n) is 4.83. The summed E-state index contributed by atoms with van der Waals surface area (Å²) in [4.78, 5) is 12.5. The standard InChI is InChI=1S/C19H27N5O2/c1-14(25)11-16(15-5-3-2-4-6-15)12-21-19(26)18-13-24(23-22-18)17-7-9-20-10-8-17/h2-6,13-14,16-17,20,25H,7-12H2,1H3,(H,21,26). The molecule has 1 aromatic heterocycles. The highest BCUT2D eigenvalue weighted by Gasteiger charge is 2.20. The van der Waals surface area contributed by atoms with Crippen LogP contribution in [-0.2, 0) is 0 Å². The molecule has 2 atom stereocenters. The highest BCUT2D eigenvalue weighted by molar-refractivity contribution is 5.91. The van der Waals surface area contributed by atoms with Crippen molar-refractivity contribution in [3.05, 3.63) is 47.8 Å². The molecule has 1 aliphatic heterocycles. The molecular weight excluding hydrogens is 330 g/mol. The Bertz CT molecular complexity index is 695. The van der Waals surface area contributed by atoms with Gasteiger partial charge in [-0.3, -0.25) is 4.79 Å². The van der Waals surface area contributed by atoms with Crippen LogP contribution >= 0.6 is 0 Å². The number of carbonyl (C=O) groups is 1. The Hall–Kier alpha value is -2.25. The first kappa shape index (κ1) is 18.5. The van der Waals surface area contributed by atoms with Crippen LogP contribution in [0.4, 0.5) is 0 Å². The molecule has 0 radical (unpaired) electrons. The van der Waals surface area contributed by atoms with Gasteiger partial charge in [-0.05, 0) is 44.8 Å². The van der Waals surface area contributed by atoms with Crippen molar-refractivity contribution in [2.45, 2.75) is 44.2 Å². The third kappa shape index (κ3) is 4.89. The Morgan fingerprint density at radius 3 is 2.77 bits per heavy atom. The molecule has 3 rings (SSSR count). The van der Waals surface area contributed by atoms with Crippen molar-refractivity contribution in [2.75, 3.05) is 19.6 Å². The average molecular weight is 357 g/mol. The molecule has 0 bridgehead atoms. The fourth-order valence-corrected chi connectivity index (χ4v) is 3.41. The number of aromatic nitrogens is 3. The summed E-state index contributed by atoms with van der Waals surface area (Å²) in [5.74, 6) is -0.170. The third-order valence-corrected chi connectivity index (χ3v) is 4.83. The molecule has 1 fully saturated rings. The van der Waals surface area contributed by atoms with E-state index in [1.807, 2.05) is 30.3 Å². The molecule has 7 nitrogen and oxygen atoms in total. The van der Waals surface area contributed by atoms with E-state index in [0.717, 1.165) is 31.5 Å². The molecule has 2 heterocycles. The SMILES string of the molecule is CC(O)CC(CNC(=O)c1cn(C2CCNCC2)nn1)c1ccccc1. The van der Waals surface area contributed by atoms with Gasteiger partial charge in [0, 0.05) is 12.5 Å². The van der Waals surface area contributed by atoms with Gasteiger partial charge in [0.2, 0.25) is 0 Å². The van der Waals surface area contributed by atoms with Crippen molar-refractivity contribution in [3.8, 4) is 0 Å². The second kappa shape index (κ2) is 8.91. The zero-order valence-corrected chi connectivity index (χ0v) is 15.1. The molecule has 26 heavy (non-hydrogen) atoms. The molecular formula is C19H27N5O2. The van der Waals surface area contributed by atoms with Gasteiger partial charge in [-0.2, -0.15) is 0 Å². The molecule has 0 spiro atoms. The summed E-state index contributed by atoms with van der Waals surface area (Å²) < 4.78 is 1.81. The zero-order valence-electron chi connectivity index (χ0n) is 15.1. The Kier molecular flexibility index (Phi) is 6.35. The van der Waals surface area contributed by atoms with E-state index in [0.29, 0.717) is 24.7 Å². The van der Waals surface area contributed by atoms with Crippen molar-refractivity contribution in [1.29, 1.82) is 0 Å². The summed E-state index contributed by atoms with van der Waals surface area (Å²) in [6.07, 6.45) is 3.88. The Balaban J connectivity index is 1.60. The molecule has 1 saturated heterocycles. The first-order chi connectivity index (χ1) is 12.6. The lowest BCUT2D eigenvalue weighted by molar-refractivity contribution is 0.0940. The van der Waals surface area contributed by atoms with Crippen LogP contribution in [0.5, 0.6) is 0 Å². The molecule has 3 N–H and O–H groups in total. The monoisotopic (exact) mass is 357 g/mol. The van der Waals surface area contributed by atoms with E-state index in [-0.39, 0.29) is 11.8 Å². The smallest absolute Gasteiger partial charge is 0.273 e. The van der Waals surface area contributed by atoms with Crippen molar-refractivity contribution in [1.82, 2.24) is 25.6 Å². The summed E-state index contributed by atoms with van der Waals surface area (Å²) in [6.45, 7) is 4.14. The number of amides is 1. The molecule has 140 valence electrons. The van der Waals surface area contributed by atoms with Crippen LogP contribution in [0.2, 0.25) is 0 Å². The van der Waals surface area contributed by atoms with E-state index in [4.69, 9.17) is 0 Å². The van der Waals surface area contributed by atoms with E-state index in [1.54, 1.807) is 17.8 Å². The van der Waals surface area contributed by atoms with Gasteiger partial charge < -0.3 is 15.7 Å². The maximum Gasteiger partial charge on any atom is 0.273 e. The second-order valence-corrected chi connectivity index (χ2v) is 6.97. The predicted molar refractivity (Wildman–Crippen MR) is 99.0 cm³/mol. The van der Waals surface area contributed by atoms with Crippen molar-refractivity contribution < 1.29 is 9.90 Å². The van der Waals surface area contributed by atoms with Crippen LogP contribution in [0.3, 0.4) is 0 Å². The van der Waals surface area contributed by atoms with Crippen LogP contribution in [0.25, 0.3) is 0 Å². The molecule has 7 heteroatoms. The van der Waals surface area contributed by atoms with Crippen molar-refractivity contribution in [2.24, 2.45) is 0 Å². The van der Waals surface area contributed by atoms with Gasteiger partial charge in [0.05, 0.1) is 18.3 Å². The van der Waals surface area contributed by atoms with Gasteiger partial charge >= 0.3 is 0 Å². The summed E-state index contributed by atoms with van der Waals surface area (Å²) in [5, 5.41) is 24.2. The first-order valence-electron chi connectivity index (χ1n) is 9.27. The van der Waals surface area contributed by atoms with Gasteiger partial charge in [0.25, 0.3) is 5.91 Å². The zero-order chi connectivity index (χ0) is 18.4. The van der Waals surface area contributed by atoms with Gasteiger partial charge in [-0.1, -0.05) is 35.5 Å². The fourth-order valence-electron chi connectivity index (χ4n) is 3.41. The van der Waals surface area contributed by atoms with Gasteiger partial charge in [0.1, 0.15) is 0 Å². The van der Waals surface area contributed by atoms with Crippen LogP contribution in [0.15, 0.2) is 36.5 Å². The number of hydrogen-bond acceptors (Lipinski definition) is 5. The molecule has 1 amide bonds. The highest BCUT2D eigenvalue weighted by atomic mass is 16.3. The van der Waals surface area contributed by atoms with E-state index >= 15 is 0 Å².